The van der Waals surface area contributed by atoms with Crippen LogP contribution in [-0.2, 0) is 16.0 Å². The van der Waals surface area contributed by atoms with Crippen LogP contribution in [0.1, 0.15) is 29.9 Å². The van der Waals surface area contributed by atoms with E-state index in [0.29, 0.717) is 13.0 Å². The Bertz CT molecular complexity index is 512. The number of amides is 1. The van der Waals surface area contributed by atoms with Crippen LogP contribution in [0.5, 0.6) is 0 Å². The van der Waals surface area contributed by atoms with Crippen molar-refractivity contribution in [2.24, 2.45) is 0 Å². The molecule has 0 saturated carbocycles. The smallest absolute Gasteiger partial charge is 0.326 e. The van der Waals surface area contributed by atoms with Gasteiger partial charge in [0.05, 0.1) is 5.92 Å². The maximum Gasteiger partial charge on any atom is 0.326 e. The van der Waals surface area contributed by atoms with E-state index in [1.54, 1.807) is 4.90 Å². The third kappa shape index (κ3) is 1.60. The third-order valence-corrected chi connectivity index (χ3v) is 3.97. The number of hydrogen-bond acceptors (Lipinski definition) is 2. The molecule has 4 heteroatoms. The molecule has 94 valence electrons. The first kappa shape index (κ1) is 11.3. The second-order valence-electron chi connectivity index (χ2n) is 4.98. The Morgan fingerprint density at radius 1 is 1.28 bits per heavy atom. The van der Waals surface area contributed by atoms with E-state index in [1.807, 2.05) is 24.3 Å². The van der Waals surface area contributed by atoms with Gasteiger partial charge in [-0.2, -0.15) is 0 Å². The van der Waals surface area contributed by atoms with Gasteiger partial charge in [-0.25, -0.2) is 4.79 Å². The number of carbonyl (C=O) groups is 2. The van der Waals surface area contributed by atoms with Crippen molar-refractivity contribution in [3.63, 3.8) is 0 Å². The fourth-order valence-electron chi connectivity index (χ4n) is 2.97. The molecule has 18 heavy (non-hydrogen) atoms. The first-order valence-corrected chi connectivity index (χ1v) is 6.29. The Labute approximate surface area is 105 Å². The minimum Gasteiger partial charge on any atom is -0.480 e. The second kappa shape index (κ2) is 4.12. The fourth-order valence-corrected chi connectivity index (χ4v) is 2.97. The number of nitrogens with zero attached hydrogens (tertiary/aromatic N) is 1. The number of fused-ring (bicyclic) bond motifs is 1. The quantitative estimate of drug-likeness (QED) is 0.856. The van der Waals surface area contributed by atoms with Crippen molar-refractivity contribution >= 4 is 11.9 Å². The Morgan fingerprint density at radius 3 is 2.78 bits per heavy atom. The van der Waals surface area contributed by atoms with Crippen LogP contribution < -0.4 is 0 Å². The molecule has 2 unspecified atom stereocenters. The highest BCUT2D eigenvalue weighted by Crippen LogP contribution is 2.37. The molecule has 1 aromatic rings. The van der Waals surface area contributed by atoms with Crippen molar-refractivity contribution in [2.75, 3.05) is 6.54 Å². The average molecular weight is 245 g/mol. The molecule has 1 aromatic carbocycles. The first-order valence-electron chi connectivity index (χ1n) is 6.29. The van der Waals surface area contributed by atoms with Gasteiger partial charge in [-0.1, -0.05) is 24.3 Å². The van der Waals surface area contributed by atoms with Crippen LogP contribution >= 0.6 is 0 Å². The van der Waals surface area contributed by atoms with Crippen LogP contribution in [0.25, 0.3) is 0 Å². The van der Waals surface area contributed by atoms with Crippen molar-refractivity contribution < 1.29 is 14.7 Å². The highest BCUT2D eigenvalue weighted by atomic mass is 16.4. The van der Waals surface area contributed by atoms with Crippen LogP contribution in [0.15, 0.2) is 24.3 Å². The van der Waals surface area contributed by atoms with Crippen molar-refractivity contribution in [3.05, 3.63) is 35.4 Å². The van der Waals surface area contributed by atoms with E-state index < -0.39 is 12.0 Å². The lowest BCUT2D eigenvalue weighted by Crippen LogP contribution is -2.45. The van der Waals surface area contributed by atoms with Gasteiger partial charge in [-0.3, -0.25) is 4.79 Å². The monoisotopic (exact) mass is 245 g/mol. The molecule has 1 fully saturated rings. The largest absolute Gasteiger partial charge is 0.480 e. The number of aliphatic carboxylic acids is 1. The summed E-state index contributed by atoms with van der Waals surface area (Å²) >= 11 is 0. The first-order chi connectivity index (χ1) is 8.68. The zero-order valence-electron chi connectivity index (χ0n) is 10.0. The lowest BCUT2D eigenvalue weighted by Gasteiger charge is -2.33. The number of rotatable bonds is 2. The highest BCUT2D eigenvalue weighted by molar-refractivity contribution is 5.90. The lowest BCUT2D eigenvalue weighted by molar-refractivity contribution is -0.149. The van der Waals surface area contributed by atoms with Gasteiger partial charge in [0, 0.05) is 6.54 Å². The standard InChI is InChI=1S/C14H15NO3/c16-13(15-7-3-6-12(15)14(17)18)11-8-9-4-1-2-5-10(9)11/h1-2,4-5,11-12H,3,6-8H2,(H,17,18). The summed E-state index contributed by atoms with van der Waals surface area (Å²) in [5, 5.41) is 9.11. The summed E-state index contributed by atoms with van der Waals surface area (Å²) in [5.41, 5.74) is 2.28. The molecule has 1 aliphatic heterocycles. The molecular weight excluding hydrogens is 230 g/mol. The van der Waals surface area contributed by atoms with Gasteiger partial charge in [-0.05, 0) is 30.4 Å². The molecule has 0 aromatic heterocycles. The Morgan fingerprint density at radius 2 is 2.06 bits per heavy atom. The molecule has 0 bridgehead atoms. The lowest BCUT2D eigenvalue weighted by atomic mass is 9.77. The van der Waals surface area contributed by atoms with Gasteiger partial charge in [0.1, 0.15) is 6.04 Å². The molecule has 1 N–H and O–H groups in total. The topological polar surface area (TPSA) is 57.6 Å². The van der Waals surface area contributed by atoms with Crippen LogP contribution in [0, 0.1) is 0 Å². The molecule has 0 spiro atoms. The summed E-state index contributed by atoms with van der Waals surface area (Å²) in [7, 11) is 0. The normalized spacial score (nSPS) is 25.4. The van der Waals surface area contributed by atoms with Crippen molar-refractivity contribution in [2.45, 2.75) is 31.2 Å². The highest BCUT2D eigenvalue weighted by Gasteiger charge is 2.40. The van der Waals surface area contributed by atoms with E-state index in [2.05, 4.69) is 0 Å². The zero-order valence-corrected chi connectivity index (χ0v) is 10.0. The van der Waals surface area contributed by atoms with E-state index >= 15 is 0 Å². The van der Waals surface area contributed by atoms with E-state index in [-0.39, 0.29) is 11.8 Å². The number of carboxylic acid groups (broad SMARTS) is 1. The second-order valence-corrected chi connectivity index (χ2v) is 4.98. The molecule has 0 radical (unpaired) electrons. The maximum atomic E-state index is 12.4. The zero-order chi connectivity index (χ0) is 12.7. The van der Waals surface area contributed by atoms with Gasteiger partial charge in [0.25, 0.3) is 0 Å². The summed E-state index contributed by atoms with van der Waals surface area (Å²) < 4.78 is 0. The summed E-state index contributed by atoms with van der Waals surface area (Å²) in [6.45, 7) is 0.578. The maximum absolute atomic E-state index is 12.4. The Balaban J connectivity index is 1.79. The SMILES string of the molecule is O=C(O)C1CCCN1C(=O)C1Cc2ccccc21. The minimum absolute atomic E-state index is 0.0152. The number of carboxylic acids is 1. The van der Waals surface area contributed by atoms with Crippen LogP contribution in [-0.4, -0.2) is 34.5 Å². The van der Waals surface area contributed by atoms with Gasteiger partial charge < -0.3 is 10.0 Å². The van der Waals surface area contributed by atoms with Gasteiger partial charge in [0.2, 0.25) is 5.91 Å². The van der Waals surface area contributed by atoms with Crippen LogP contribution in [0.3, 0.4) is 0 Å². The van der Waals surface area contributed by atoms with Gasteiger partial charge in [0.15, 0.2) is 0 Å². The molecule has 4 nitrogen and oxygen atoms in total. The molecule has 2 atom stereocenters. The summed E-state index contributed by atoms with van der Waals surface area (Å²) in [5.74, 6) is -1.02. The Hall–Kier alpha value is -1.84. The van der Waals surface area contributed by atoms with Crippen molar-refractivity contribution in [1.29, 1.82) is 0 Å². The summed E-state index contributed by atoms with van der Waals surface area (Å²) in [6.07, 6.45) is 2.12. The fraction of sp³-hybridized carbons (Fsp3) is 0.429. The van der Waals surface area contributed by atoms with Crippen LogP contribution in [0.4, 0.5) is 0 Å². The molecule has 3 rings (SSSR count). The minimum atomic E-state index is -0.881. The Kier molecular flexibility index (Phi) is 2.58. The predicted molar refractivity (Wildman–Crippen MR) is 65.3 cm³/mol. The van der Waals surface area contributed by atoms with E-state index in [0.717, 1.165) is 18.4 Å². The number of benzene rings is 1. The molecule has 2 aliphatic rings. The predicted octanol–water partition coefficient (Wildman–Crippen LogP) is 1.40. The molecule has 1 saturated heterocycles. The van der Waals surface area contributed by atoms with E-state index in [1.165, 1.54) is 5.56 Å². The number of likely N-dealkylation sites (tertiary alicyclic amines) is 1. The van der Waals surface area contributed by atoms with Gasteiger partial charge in [-0.15, -0.1) is 0 Å². The van der Waals surface area contributed by atoms with Crippen molar-refractivity contribution in [1.82, 2.24) is 4.90 Å². The molecule has 1 amide bonds. The summed E-state index contributed by atoms with van der Waals surface area (Å²) in [4.78, 5) is 25.0. The van der Waals surface area contributed by atoms with Crippen molar-refractivity contribution in [3.8, 4) is 0 Å². The van der Waals surface area contributed by atoms with E-state index in [4.69, 9.17) is 5.11 Å². The average Bonchev–Trinajstić information content (AvgIpc) is 2.79. The molecular formula is C14H15NO3. The van der Waals surface area contributed by atoms with Crippen LogP contribution in [0.2, 0.25) is 0 Å². The summed E-state index contributed by atoms with van der Waals surface area (Å²) in [6, 6.07) is 7.27. The van der Waals surface area contributed by atoms with E-state index in [9.17, 15) is 9.59 Å². The molecule has 1 aliphatic carbocycles. The van der Waals surface area contributed by atoms with Gasteiger partial charge >= 0.3 is 5.97 Å². The number of hydrogen-bond donors (Lipinski definition) is 1. The number of carbonyl (C=O) groups excluding carboxylic acids is 1. The molecule has 1 heterocycles. The third-order valence-electron chi connectivity index (χ3n) is 3.97.